The zero-order chi connectivity index (χ0) is 21.0. The van der Waals surface area contributed by atoms with Gasteiger partial charge in [0.05, 0.1) is 26.2 Å². The fraction of sp³-hybridized carbons (Fsp3) is 0.421. The molecule has 1 aromatic rings. The lowest BCUT2D eigenvalue weighted by molar-refractivity contribution is -0.147. The van der Waals surface area contributed by atoms with E-state index in [1.54, 1.807) is 25.1 Å². The maximum atomic E-state index is 12.9. The average Bonchev–Trinajstić information content (AvgIpc) is 2.94. The number of aliphatic carboxylic acids is 1. The summed E-state index contributed by atoms with van der Waals surface area (Å²) in [6, 6.07) is 2.41. The Bertz CT molecular complexity index is 798. The lowest BCUT2D eigenvalue weighted by Gasteiger charge is -2.27. The largest absolute Gasteiger partial charge is 0.493 e. The van der Waals surface area contributed by atoms with Crippen LogP contribution in [-0.2, 0) is 9.59 Å². The monoisotopic (exact) mass is 425 g/mol. The number of ether oxygens (including phenoxy) is 3. The van der Waals surface area contributed by atoms with Crippen LogP contribution >= 0.6 is 24.0 Å². The fourth-order valence-corrected chi connectivity index (χ4v) is 4.22. The number of nitrogens with zero attached hydrogens (tertiary/aromatic N) is 1. The molecule has 28 heavy (non-hydrogen) atoms. The number of hydrogen-bond donors (Lipinski definition) is 1. The van der Waals surface area contributed by atoms with Crippen molar-refractivity contribution in [2.24, 2.45) is 5.92 Å². The number of thiocarbonyl (C=S) groups is 1. The third-order valence-corrected chi connectivity index (χ3v) is 5.85. The van der Waals surface area contributed by atoms with Gasteiger partial charge in [0, 0.05) is 0 Å². The number of hydrogen-bond acceptors (Lipinski definition) is 7. The van der Waals surface area contributed by atoms with E-state index in [9.17, 15) is 14.7 Å². The summed E-state index contributed by atoms with van der Waals surface area (Å²) in [5, 5.41) is 9.61. The summed E-state index contributed by atoms with van der Waals surface area (Å²) in [6.45, 7) is 3.67. The van der Waals surface area contributed by atoms with Crippen molar-refractivity contribution in [3.05, 3.63) is 22.6 Å². The summed E-state index contributed by atoms with van der Waals surface area (Å²) in [7, 11) is 4.51. The van der Waals surface area contributed by atoms with Gasteiger partial charge in [0.25, 0.3) is 5.91 Å². The van der Waals surface area contributed by atoms with E-state index in [2.05, 4.69) is 0 Å². The van der Waals surface area contributed by atoms with Crippen LogP contribution in [0.4, 0.5) is 0 Å². The van der Waals surface area contributed by atoms with Gasteiger partial charge in [-0.25, -0.2) is 4.79 Å². The van der Waals surface area contributed by atoms with E-state index in [0.29, 0.717) is 34.1 Å². The van der Waals surface area contributed by atoms with E-state index >= 15 is 0 Å². The predicted molar refractivity (Wildman–Crippen MR) is 112 cm³/mol. The zero-order valence-corrected chi connectivity index (χ0v) is 18.0. The SMILES string of the molecule is CC[C@H](C)[C@H](C(=O)O)N1C(=O)/C(=C/c2cc(OC)c(OC)c(OC)c2)SC1=S. The van der Waals surface area contributed by atoms with Crippen molar-refractivity contribution < 1.29 is 28.9 Å². The van der Waals surface area contributed by atoms with E-state index in [4.69, 9.17) is 26.4 Å². The summed E-state index contributed by atoms with van der Waals surface area (Å²) in [6.07, 6.45) is 2.25. The Morgan fingerprint density at radius 1 is 1.25 bits per heavy atom. The van der Waals surface area contributed by atoms with E-state index in [1.165, 1.54) is 26.2 Å². The number of carbonyl (C=O) groups excluding carboxylic acids is 1. The minimum Gasteiger partial charge on any atom is -0.493 e. The molecular weight excluding hydrogens is 402 g/mol. The lowest BCUT2D eigenvalue weighted by atomic mass is 9.98. The molecule has 1 aromatic carbocycles. The standard InChI is InChI=1S/C19H23NO6S2/c1-6-10(2)15(18(22)23)20-17(21)14(28-19(20)27)9-11-7-12(24-3)16(26-5)13(8-11)25-4/h7-10,15H,6H2,1-5H3,(H,22,23)/b14-9-/t10-,15+/m0/s1. The quantitative estimate of drug-likeness (QED) is 0.501. The molecule has 0 bridgehead atoms. The van der Waals surface area contributed by atoms with Gasteiger partial charge < -0.3 is 19.3 Å². The van der Waals surface area contributed by atoms with Crippen LogP contribution in [0, 0.1) is 5.92 Å². The fourth-order valence-electron chi connectivity index (χ4n) is 2.89. The van der Waals surface area contributed by atoms with Gasteiger partial charge >= 0.3 is 5.97 Å². The Kier molecular flexibility index (Phi) is 7.31. The first-order chi connectivity index (χ1) is 13.3. The van der Waals surface area contributed by atoms with Crippen LogP contribution < -0.4 is 14.2 Å². The highest BCUT2D eigenvalue weighted by molar-refractivity contribution is 8.26. The van der Waals surface area contributed by atoms with Gasteiger partial charge in [-0.2, -0.15) is 0 Å². The number of carbonyl (C=O) groups is 2. The third-order valence-electron chi connectivity index (χ3n) is 4.52. The van der Waals surface area contributed by atoms with Gasteiger partial charge in [-0.15, -0.1) is 0 Å². The van der Waals surface area contributed by atoms with Crippen molar-refractivity contribution in [1.29, 1.82) is 0 Å². The Morgan fingerprint density at radius 2 is 1.82 bits per heavy atom. The average molecular weight is 426 g/mol. The topological polar surface area (TPSA) is 85.3 Å². The van der Waals surface area contributed by atoms with Crippen molar-refractivity contribution in [2.75, 3.05) is 21.3 Å². The molecule has 9 heteroatoms. The Balaban J connectivity index is 2.44. The van der Waals surface area contributed by atoms with Crippen LogP contribution in [0.25, 0.3) is 6.08 Å². The maximum absolute atomic E-state index is 12.9. The van der Waals surface area contributed by atoms with Gasteiger partial charge in [-0.3, -0.25) is 9.69 Å². The minimum atomic E-state index is -1.07. The van der Waals surface area contributed by atoms with Gasteiger partial charge in [-0.1, -0.05) is 44.2 Å². The molecule has 0 radical (unpaired) electrons. The van der Waals surface area contributed by atoms with Crippen LogP contribution in [0.5, 0.6) is 17.2 Å². The number of methoxy groups -OCH3 is 3. The smallest absolute Gasteiger partial charge is 0.327 e. The molecule has 0 spiro atoms. The predicted octanol–water partition coefficient (Wildman–Crippen LogP) is 3.41. The molecule has 0 unspecified atom stereocenters. The number of amides is 1. The summed E-state index contributed by atoms with van der Waals surface area (Å²) < 4.78 is 16.2. The van der Waals surface area contributed by atoms with Crippen molar-refractivity contribution >= 4 is 46.3 Å². The normalized spacial score (nSPS) is 17.6. The minimum absolute atomic E-state index is 0.233. The Hall–Kier alpha value is -2.26. The van der Waals surface area contributed by atoms with Gasteiger partial charge in [0.2, 0.25) is 5.75 Å². The second kappa shape index (κ2) is 9.29. The molecule has 7 nitrogen and oxygen atoms in total. The molecule has 1 aliphatic rings. The van der Waals surface area contributed by atoms with Crippen molar-refractivity contribution in [1.82, 2.24) is 4.90 Å². The molecule has 0 saturated carbocycles. The first kappa shape index (κ1) is 22.0. The van der Waals surface area contributed by atoms with E-state index in [0.717, 1.165) is 11.8 Å². The lowest BCUT2D eigenvalue weighted by Crippen LogP contribution is -2.47. The molecule has 1 fully saturated rings. The van der Waals surface area contributed by atoms with Crippen LogP contribution in [0.15, 0.2) is 17.0 Å². The highest BCUT2D eigenvalue weighted by Gasteiger charge is 2.42. The maximum Gasteiger partial charge on any atom is 0.327 e. The van der Waals surface area contributed by atoms with Crippen molar-refractivity contribution in [3.8, 4) is 17.2 Å². The summed E-state index contributed by atoms with van der Waals surface area (Å²) >= 11 is 6.38. The molecule has 1 saturated heterocycles. The van der Waals surface area contributed by atoms with Crippen LogP contribution in [-0.4, -0.2) is 53.6 Å². The molecule has 1 aliphatic heterocycles. The second-order valence-corrected chi connectivity index (χ2v) is 7.85. The van der Waals surface area contributed by atoms with Gasteiger partial charge in [-0.05, 0) is 29.7 Å². The first-order valence-corrected chi connectivity index (χ1v) is 9.81. The Morgan fingerprint density at radius 3 is 2.25 bits per heavy atom. The summed E-state index contributed by atoms with van der Waals surface area (Å²) in [4.78, 5) is 26.2. The Labute approximate surface area is 173 Å². The number of rotatable bonds is 8. The van der Waals surface area contributed by atoms with Crippen LogP contribution in [0.1, 0.15) is 25.8 Å². The third kappa shape index (κ3) is 4.25. The van der Waals surface area contributed by atoms with Crippen molar-refractivity contribution in [3.63, 3.8) is 0 Å². The molecule has 2 atom stereocenters. The van der Waals surface area contributed by atoms with Gasteiger partial charge in [0.1, 0.15) is 10.4 Å². The van der Waals surface area contributed by atoms with Gasteiger partial charge in [0.15, 0.2) is 11.5 Å². The molecular formula is C19H23NO6S2. The molecule has 152 valence electrons. The number of carboxylic acid groups (broad SMARTS) is 1. The van der Waals surface area contributed by atoms with Crippen LogP contribution in [0.3, 0.4) is 0 Å². The second-order valence-electron chi connectivity index (χ2n) is 6.18. The molecule has 0 aliphatic carbocycles. The molecule has 1 heterocycles. The zero-order valence-electron chi connectivity index (χ0n) is 16.3. The number of carboxylic acids is 1. The highest BCUT2D eigenvalue weighted by atomic mass is 32.2. The van der Waals surface area contributed by atoms with E-state index < -0.39 is 17.9 Å². The number of benzene rings is 1. The molecule has 2 rings (SSSR count). The van der Waals surface area contributed by atoms with E-state index in [1.807, 2.05) is 6.92 Å². The van der Waals surface area contributed by atoms with E-state index in [-0.39, 0.29) is 10.2 Å². The summed E-state index contributed by atoms with van der Waals surface area (Å²) in [5.41, 5.74) is 0.644. The van der Waals surface area contributed by atoms with Crippen molar-refractivity contribution in [2.45, 2.75) is 26.3 Å². The number of thioether (sulfide) groups is 1. The summed E-state index contributed by atoms with van der Waals surface area (Å²) in [5.74, 6) is -0.382. The molecule has 1 amide bonds. The first-order valence-electron chi connectivity index (χ1n) is 8.58. The highest BCUT2D eigenvalue weighted by Crippen LogP contribution is 2.41. The molecule has 1 N–H and O–H groups in total. The molecule has 0 aromatic heterocycles. The van der Waals surface area contributed by atoms with Crippen LogP contribution in [0.2, 0.25) is 0 Å².